The van der Waals surface area contributed by atoms with Crippen LogP contribution in [-0.2, 0) is 11.3 Å². The number of halogens is 1. The van der Waals surface area contributed by atoms with Crippen molar-refractivity contribution in [3.05, 3.63) is 11.1 Å². The molecule has 178 valence electrons. The number of aromatic nitrogens is 1. The molecule has 0 spiro atoms. The number of amides is 1. The number of carbonyl (C=O) groups excluding carboxylic acids is 1. The van der Waals surface area contributed by atoms with Crippen molar-refractivity contribution >= 4 is 52.5 Å². The Kier molecular flexibility index (Phi) is 11.3. The average Bonchev–Trinajstić information content (AvgIpc) is 3.15. The number of carbonyl (C=O) groups is 1. The number of nitrogens with zero attached hydrogens (tertiary/aromatic N) is 5. The van der Waals surface area contributed by atoms with Crippen molar-refractivity contribution in [2.75, 3.05) is 52.2 Å². The number of hydrogen-bond acceptors (Lipinski definition) is 6. The predicted molar refractivity (Wildman–Crippen MR) is 140 cm³/mol. The molecule has 0 aliphatic carbocycles. The number of likely N-dealkylation sites (tertiary alicyclic amines) is 1. The van der Waals surface area contributed by atoms with E-state index in [2.05, 4.69) is 25.6 Å². The van der Waals surface area contributed by atoms with Crippen LogP contribution in [0.3, 0.4) is 0 Å². The molecule has 10 heteroatoms. The highest BCUT2D eigenvalue weighted by atomic mass is 127. The Morgan fingerprint density at radius 1 is 1.35 bits per heavy atom. The van der Waals surface area contributed by atoms with E-state index in [0.717, 1.165) is 49.3 Å². The molecule has 31 heavy (non-hydrogen) atoms. The molecule has 2 heterocycles. The topological polar surface area (TPSA) is 73.3 Å². The summed E-state index contributed by atoms with van der Waals surface area (Å²) in [6.45, 7) is 11.7. The smallest absolute Gasteiger partial charge is 0.410 e. The molecule has 0 atom stereocenters. The number of guanidine groups is 1. The number of thiazole rings is 1. The van der Waals surface area contributed by atoms with Gasteiger partial charge in [-0.05, 0) is 46.5 Å². The van der Waals surface area contributed by atoms with E-state index in [1.54, 1.807) is 11.3 Å². The van der Waals surface area contributed by atoms with Crippen molar-refractivity contribution in [2.24, 2.45) is 10.9 Å². The lowest BCUT2D eigenvalue weighted by atomic mass is 9.96. The van der Waals surface area contributed by atoms with E-state index in [0.29, 0.717) is 19.0 Å². The second-order valence-electron chi connectivity index (χ2n) is 8.87. The van der Waals surface area contributed by atoms with Crippen LogP contribution in [0.1, 0.15) is 46.2 Å². The number of anilines is 1. The maximum absolute atomic E-state index is 12.4. The van der Waals surface area contributed by atoms with Crippen molar-refractivity contribution in [1.82, 2.24) is 20.1 Å². The van der Waals surface area contributed by atoms with E-state index in [9.17, 15) is 4.79 Å². The quantitative estimate of drug-likeness (QED) is 0.320. The molecule has 1 aromatic rings. The molecule has 0 saturated carbocycles. The van der Waals surface area contributed by atoms with Gasteiger partial charge in [0, 0.05) is 52.7 Å². The lowest BCUT2D eigenvalue weighted by Gasteiger charge is -2.36. The first kappa shape index (κ1) is 27.7. The Balaban J connectivity index is 0.00000480. The molecule has 1 aliphatic rings. The number of nitrogens with one attached hydrogen (secondary N) is 1. The predicted octanol–water partition coefficient (Wildman–Crippen LogP) is 3.87. The minimum atomic E-state index is -0.462. The van der Waals surface area contributed by atoms with Gasteiger partial charge in [0.1, 0.15) is 5.60 Å². The lowest BCUT2D eigenvalue weighted by molar-refractivity contribution is 0.0214. The fourth-order valence-corrected chi connectivity index (χ4v) is 4.14. The molecule has 1 aliphatic heterocycles. The molecule has 1 amide bonds. The normalized spacial score (nSPS) is 15.3. The summed E-state index contributed by atoms with van der Waals surface area (Å²) in [5.74, 6) is 1.39. The summed E-state index contributed by atoms with van der Waals surface area (Å²) in [5, 5.41) is 6.52. The second-order valence-corrected chi connectivity index (χ2v) is 9.70. The van der Waals surface area contributed by atoms with Gasteiger partial charge in [-0.1, -0.05) is 0 Å². The number of ether oxygens (including phenoxy) is 1. The van der Waals surface area contributed by atoms with E-state index >= 15 is 0 Å². The number of aliphatic imine (C=N–C) groups is 1. The molecule has 0 unspecified atom stereocenters. The zero-order chi connectivity index (χ0) is 22.3. The second kappa shape index (κ2) is 12.7. The van der Waals surface area contributed by atoms with Crippen molar-refractivity contribution in [3.63, 3.8) is 0 Å². The van der Waals surface area contributed by atoms with Crippen LogP contribution < -0.4 is 10.2 Å². The Morgan fingerprint density at radius 3 is 2.48 bits per heavy atom. The first-order valence-corrected chi connectivity index (χ1v) is 11.6. The SMILES string of the molecule is CCN(CC1CCN(C(=NC)NCc2csc(N(C)C)n2)CC1)C(=O)OC(C)(C)C.I. The minimum absolute atomic E-state index is 0. The zero-order valence-corrected chi connectivity index (χ0v) is 23.1. The number of rotatable bonds is 6. The number of hydrogen-bond donors (Lipinski definition) is 1. The Hall–Kier alpha value is -1.30. The summed E-state index contributed by atoms with van der Waals surface area (Å²) in [6, 6.07) is 0. The summed E-state index contributed by atoms with van der Waals surface area (Å²) in [7, 11) is 5.82. The van der Waals surface area contributed by atoms with Crippen LogP contribution in [-0.4, -0.2) is 79.8 Å². The van der Waals surface area contributed by atoms with Crippen LogP contribution in [0.15, 0.2) is 10.4 Å². The van der Waals surface area contributed by atoms with Crippen LogP contribution in [0.5, 0.6) is 0 Å². The third kappa shape index (κ3) is 8.99. The lowest BCUT2D eigenvalue weighted by Crippen LogP contribution is -2.47. The third-order valence-corrected chi connectivity index (χ3v) is 6.04. The Labute approximate surface area is 208 Å². The molecule has 1 aromatic heterocycles. The van der Waals surface area contributed by atoms with Crippen LogP contribution in [0.25, 0.3) is 0 Å². The van der Waals surface area contributed by atoms with Gasteiger partial charge in [0.2, 0.25) is 0 Å². The van der Waals surface area contributed by atoms with Crippen molar-refractivity contribution in [3.8, 4) is 0 Å². The van der Waals surface area contributed by atoms with Gasteiger partial charge in [0.25, 0.3) is 0 Å². The molecule has 1 fully saturated rings. The molecular weight excluding hydrogens is 527 g/mol. The van der Waals surface area contributed by atoms with Crippen LogP contribution in [0.4, 0.5) is 9.93 Å². The third-order valence-electron chi connectivity index (χ3n) is 4.99. The molecular formula is C21H39IN6O2S. The van der Waals surface area contributed by atoms with Crippen molar-refractivity contribution in [1.29, 1.82) is 0 Å². The molecule has 2 rings (SSSR count). The van der Waals surface area contributed by atoms with Gasteiger partial charge >= 0.3 is 6.09 Å². The van der Waals surface area contributed by atoms with Gasteiger partial charge in [-0.2, -0.15) is 0 Å². The van der Waals surface area contributed by atoms with Crippen LogP contribution in [0, 0.1) is 5.92 Å². The van der Waals surface area contributed by atoms with E-state index in [-0.39, 0.29) is 30.1 Å². The maximum Gasteiger partial charge on any atom is 0.410 e. The van der Waals surface area contributed by atoms with Crippen LogP contribution in [0.2, 0.25) is 0 Å². The Bertz CT molecular complexity index is 711. The summed E-state index contributed by atoms with van der Waals surface area (Å²) < 4.78 is 5.54. The summed E-state index contributed by atoms with van der Waals surface area (Å²) >= 11 is 1.64. The van der Waals surface area contributed by atoms with E-state index < -0.39 is 5.60 Å². The fraction of sp³-hybridized carbons (Fsp3) is 0.762. The monoisotopic (exact) mass is 566 g/mol. The summed E-state index contributed by atoms with van der Waals surface area (Å²) in [4.78, 5) is 27.6. The van der Waals surface area contributed by atoms with E-state index in [1.165, 1.54) is 0 Å². The molecule has 0 bridgehead atoms. The molecule has 8 nitrogen and oxygen atoms in total. The molecule has 1 saturated heterocycles. The summed E-state index contributed by atoms with van der Waals surface area (Å²) in [6.07, 6.45) is 1.84. The van der Waals surface area contributed by atoms with Gasteiger partial charge in [-0.3, -0.25) is 4.99 Å². The van der Waals surface area contributed by atoms with Gasteiger partial charge in [-0.25, -0.2) is 9.78 Å². The van der Waals surface area contributed by atoms with Gasteiger partial charge in [0.05, 0.1) is 12.2 Å². The van der Waals surface area contributed by atoms with Gasteiger partial charge in [0.15, 0.2) is 11.1 Å². The van der Waals surface area contributed by atoms with Gasteiger partial charge in [-0.15, -0.1) is 35.3 Å². The van der Waals surface area contributed by atoms with Crippen LogP contribution >= 0.6 is 35.3 Å². The Morgan fingerprint density at radius 2 is 2.00 bits per heavy atom. The van der Waals surface area contributed by atoms with E-state index in [1.807, 2.05) is 58.6 Å². The van der Waals surface area contributed by atoms with Crippen molar-refractivity contribution < 1.29 is 9.53 Å². The van der Waals surface area contributed by atoms with E-state index in [4.69, 9.17) is 4.74 Å². The summed E-state index contributed by atoms with van der Waals surface area (Å²) in [5.41, 5.74) is 0.562. The fourth-order valence-electron chi connectivity index (χ4n) is 3.38. The first-order valence-electron chi connectivity index (χ1n) is 10.7. The first-order chi connectivity index (χ1) is 14.1. The highest BCUT2D eigenvalue weighted by Crippen LogP contribution is 2.21. The largest absolute Gasteiger partial charge is 0.444 e. The molecule has 1 N–H and O–H groups in total. The average molecular weight is 567 g/mol. The highest BCUT2D eigenvalue weighted by Gasteiger charge is 2.27. The maximum atomic E-state index is 12.4. The molecule has 0 radical (unpaired) electrons. The highest BCUT2D eigenvalue weighted by molar-refractivity contribution is 14.0. The zero-order valence-electron chi connectivity index (χ0n) is 20.0. The molecule has 0 aromatic carbocycles. The standard InChI is InChI=1S/C21H38N6O2S.HI/c1-8-26(20(28)29-21(2,3)4)14-16-9-11-27(12-10-16)18(22-5)23-13-17-15-30-19(24-17)25(6)7;/h15-16H,8-14H2,1-7H3,(H,22,23);1H. The minimum Gasteiger partial charge on any atom is -0.444 e. The van der Waals surface area contributed by atoms with Gasteiger partial charge < -0.3 is 24.8 Å². The number of piperidine rings is 1. The van der Waals surface area contributed by atoms with Crippen molar-refractivity contribution in [2.45, 2.75) is 52.7 Å².